The molecule has 0 aliphatic carbocycles. The number of aryl methyl sites for hydroxylation is 2. The molecule has 2 nitrogen and oxygen atoms in total. The third-order valence-corrected chi connectivity index (χ3v) is 2.59. The SMILES string of the molecule is Cc1cc(C)c(C#N)c(SCN)c1. The van der Waals surface area contributed by atoms with E-state index in [1.54, 1.807) is 0 Å². The lowest BCUT2D eigenvalue weighted by atomic mass is 10.1. The highest BCUT2D eigenvalue weighted by molar-refractivity contribution is 7.99. The molecule has 0 aliphatic heterocycles. The smallest absolute Gasteiger partial charge is 0.101 e. The van der Waals surface area contributed by atoms with Crippen molar-refractivity contribution < 1.29 is 0 Å². The van der Waals surface area contributed by atoms with E-state index in [1.165, 1.54) is 17.3 Å². The first-order chi connectivity index (χ1) is 6.19. The van der Waals surface area contributed by atoms with Gasteiger partial charge in [0.25, 0.3) is 0 Å². The maximum Gasteiger partial charge on any atom is 0.101 e. The van der Waals surface area contributed by atoms with Crippen molar-refractivity contribution in [3.63, 3.8) is 0 Å². The van der Waals surface area contributed by atoms with Crippen LogP contribution in [-0.4, -0.2) is 5.88 Å². The fourth-order valence-corrected chi connectivity index (χ4v) is 2.08. The van der Waals surface area contributed by atoms with E-state index in [2.05, 4.69) is 6.07 Å². The number of hydrogen-bond acceptors (Lipinski definition) is 3. The zero-order valence-electron chi connectivity index (χ0n) is 7.79. The van der Waals surface area contributed by atoms with Crippen LogP contribution >= 0.6 is 11.8 Å². The molecular weight excluding hydrogens is 180 g/mol. The standard InChI is InChI=1S/C10H12N2S/c1-7-3-8(2)9(5-11)10(4-7)13-6-12/h3-4H,6,12H2,1-2H3. The molecule has 1 rings (SSSR count). The number of nitrogens with zero attached hydrogens (tertiary/aromatic N) is 1. The summed E-state index contributed by atoms with van der Waals surface area (Å²) in [6.45, 7) is 3.97. The summed E-state index contributed by atoms with van der Waals surface area (Å²) in [5.74, 6) is 0.511. The van der Waals surface area contributed by atoms with Crippen LogP contribution in [0.15, 0.2) is 17.0 Å². The molecule has 3 heteroatoms. The number of thioether (sulfide) groups is 1. The molecule has 0 fully saturated rings. The molecular formula is C10H12N2S. The number of hydrogen-bond donors (Lipinski definition) is 1. The van der Waals surface area contributed by atoms with Crippen LogP contribution in [0, 0.1) is 25.2 Å². The van der Waals surface area contributed by atoms with Crippen molar-refractivity contribution in [2.24, 2.45) is 5.73 Å². The first kappa shape index (κ1) is 10.1. The lowest BCUT2D eigenvalue weighted by molar-refractivity contribution is 1.24. The highest BCUT2D eigenvalue weighted by Crippen LogP contribution is 2.25. The van der Waals surface area contributed by atoms with E-state index in [0.29, 0.717) is 5.88 Å². The highest BCUT2D eigenvalue weighted by Gasteiger charge is 2.05. The molecule has 0 spiro atoms. The van der Waals surface area contributed by atoms with Gasteiger partial charge in [0.15, 0.2) is 0 Å². The van der Waals surface area contributed by atoms with Crippen LogP contribution < -0.4 is 5.73 Å². The zero-order chi connectivity index (χ0) is 9.84. The quantitative estimate of drug-likeness (QED) is 0.577. The van der Waals surface area contributed by atoms with Crippen molar-refractivity contribution in [2.75, 3.05) is 5.88 Å². The minimum absolute atomic E-state index is 0.511. The average Bonchev–Trinajstić information content (AvgIpc) is 2.04. The topological polar surface area (TPSA) is 49.8 Å². The molecule has 0 heterocycles. The summed E-state index contributed by atoms with van der Waals surface area (Å²) >= 11 is 1.51. The van der Waals surface area contributed by atoms with Gasteiger partial charge in [-0.2, -0.15) is 5.26 Å². The Bertz CT molecular complexity index is 353. The van der Waals surface area contributed by atoms with Gasteiger partial charge < -0.3 is 5.73 Å². The molecule has 68 valence electrons. The normalized spacial score (nSPS) is 9.69. The Kier molecular flexibility index (Phi) is 3.35. The van der Waals surface area contributed by atoms with Crippen LogP contribution in [0.5, 0.6) is 0 Å². The lowest BCUT2D eigenvalue weighted by Crippen LogP contribution is -1.95. The van der Waals surface area contributed by atoms with Crippen molar-refractivity contribution in [2.45, 2.75) is 18.7 Å². The van der Waals surface area contributed by atoms with Crippen LogP contribution in [0.3, 0.4) is 0 Å². The van der Waals surface area contributed by atoms with Gasteiger partial charge >= 0.3 is 0 Å². The van der Waals surface area contributed by atoms with Gasteiger partial charge in [0.2, 0.25) is 0 Å². The fourth-order valence-electron chi connectivity index (χ4n) is 1.28. The van der Waals surface area contributed by atoms with Crippen molar-refractivity contribution in [3.05, 3.63) is 28.8 Å². The van der Waals surface area contributed by atoms with Crippen LogP contribution in [0.2, 0.25) is 0 Å². The summed E-state index contributed by atoms with van der Waals surface area (Å²) < 4.78 is 0. The van der Waals surface area contributed by atoms with E-state index in [1.807, 2.05) is 26.0 Å². The van der Waals surface area contributed by atoms with E-state index in [0.717, 1.165) is 16.0 Å². The van der Waals surface area contributed by atoms with E-state index in [4.69, 9.17) is 11.0 Å². The van der Waals surface area contributed by atoms with E-state index in [9.17, 15) is 0 Å². The summed E-state index contributed by atoms with van der Waals surface area (Å²) in [5.41, 5.74) is 8.39. The second kappa shape index (κ2) is 4.31. The van der Waals surface area contributed by atoms with E-state index in [-0.39, 0.29) is 0 Å². The summed E-state index contributed by atoms with van der Waals surface area (Å²) in [4.78, 5) is 0.988. The molecule has 0 unspecified atom stereocenters. The Morgan fingerprint density at radius 1 is 1.46 bits per heavy atom. The second-order valence-electron chi connectivity index (χ2n) is 2.88. The summed E-state index contributed by atoms with van der Waals surface area (Å²) in [6, 6.07) is 6.22. The minimum atomic E-state index is 0.511. The van der Waals surface area contributed by atoms with Gasteiger partial charge in [-0.3, -0.25) is 0 Å². The first-order valence-corrected chi connectivity index (χ1v) is 5.01. The van der Waals surface area contributed by atoms with Crippen LogP contribution in [0.4, 0.5) is 0 Å². The van der Waals surface area contributed by atoms with Gasteiger partial charge in [0.1, 0.15) is 6.07 Å². The highest BCUT2D eigenvalue weighted by atomic mass is 32.2. The van der Waals surface area contributed by atoms with Crippen LogP contribution in [0.25, 0.3) is 0 Å². The van der Waals surface area contributed by atoms with Gasteiger partial charge in [0.05, 0.1) is 5.56 Å². The lowest BCUT2D eigenvalue weighted by Gasteiger charge is -2.06. The molecule has 0 radical (unpaired) electrons. The van der Waals surface area contributed by atoms with Gasteiger partial charge in [-0.25, -0.2) is 0 Å². The Morgan fingerprint density at radius 2 is 2.15 bits per heavy atom. The number of nitriles is 1. The van der Waals surface area contributed by atoms with E-state index >= 15 is 0 Å². The Morgan fingerprint density at radius 3 is 2.69 bits per heavy atom. The molecule has 0 saturated heterocycles. The van der Waals surface area contributed by atoms with Crippen LogP contribution in [-0.2, 0) is 0 Å². The molecule has 0 aromatic heterocycles. The van der Waals surface area contributed by atoms with Crippen molar-refractivity contribution in [1.82, 2.24) is 0 Å². The molecule has 1 aromatic rings. The van der Waals surface area contributed by atoms with E-state index < -0.39 is 0 Å². The summed E-state index contributed by atoms with van der Waals surface area (Å²) in [7, 11) is 0. The molecule has 2 N–H and O–H groups in total. The van der Waals surface area contributed by atoms with Crippen molar-refractivity contribution in [1.29, 1.82) is 5.26 Å². The Hall–Kier alpha value is -0.980. The molecule has 1 aromatic carbocycles. The van der Waals surface area contributed by atoms with Gasteiger partial charge in [0, 0.05) is 10.8 Å². The zero-order valence-corrected chi connectivity index (χ0v) is 8.61. The molecule has 0 saturated carbocycles. The maximum atomic E-state index is 8.91. The summed E-state index contributed by atoms with van der Waals surface area (Å²) in [6.07, 6.45) is 0. The summed E-state index contributed by atoms with van der Waals surface area (Å²) in [5, 5.41) is 8.91. The number of nitrogens with two attached hydrogens (primary N) is 1. The first-order valence-electron chi connectivity index (χ1n) is 4.03. The van der Waals surface area contributed by atoms with Crippen molar-refractivity contribution in [3.8, 4) is 6.07 Å². The third-order valence-electron chi connectivity index (χ3n) is 1.79. The molecule has 13 heavy (non-hydrogen) atoms. The molecule has 0 amide bonds. The Balaban J connectivity index is 3.23. The maximum absolute atomic E-state index is 8.91. The van der Waals surface area contributed by atoms with Gasteiger partial charge in [-0.1, -0.05) is 6.07 Å². The number of benzene rings is 1. The number of rotatable bonds is 2. The average molecular weight is 192 g/mol. The predicted octanol–water partition coefficient (Wildman–Crippen LogP) is 2.18. The predicted molar refractivity (Wildman–Crippen MR) is 55.5 cm³/mol. The second-order valence-corrected chi connectivity index (χ2v) is 3.94. The van der Waals surface area contributed by atoms with Crippen molar-refractivity contribution >= 4 is 11.8 Å². The van der Waals surface area contributed by atoms with Crippen LogP contribution in [0.1, 0.15) is 16.7 Å². The van der Waals surface area contributed by atoms with Gasteiger partial charge in [-0.05, 0) is 31.0 Å². The Labute approximate surface area is 82.7 Å². The monoisotopic (exact) mass is 192 g/mol. The third kappa shape index (κ3) is 2.24. The van der Waals surface area contributed by atoms with Gasteiger partial charge in [-0.15, -0.1) is 11.8 Å². The molecule has 0 atom stereocenters. The molecule has 0 bridgehead atoms. The minimum Gasteiger partial charge on any atom is -0.322 e. The fraction of sp³-hybridized carbons (Fsp3) is 0.300. The largest absolute Gasteiger partial charge is 0.322 e. The molecule has 0 aliphatic rings.